The summed E-state index contributed by atoms with van der Waals surface area (Å²) >= 11 is 12.9. The minimum Gasteiger partial charge on any atom is -0.337 e. The van der Waals surface area contributed by atoms with Crippen LogP contribution in [0.1, 0.15) is 32.1 Å². The van der Waals surface area contributed by atoms with Crippen molar-refractivity contribution < 1.29 is 4.79 Å². The Balaban J connectivity index is 1.56. The third kappa shape index (κ3) is 4.17. The molecule has 1 saturated carbocycles. The molecular weight excluding hydrogens is 514 g/mol. The number of fused-ring (bicyclic) bond motifs is 1. The zero-order valence-corrected chi connectivity index (χ0v) is 21.0. The Morgan fingerprint density at radius 3 is 2.68 bits per heavy atom. The second kappa shape index (κ2) is 8.85. The molecule has 0 radical (unpaired) electrons. The Morgan fingerprint density at radius 2 is 1.90 bits per heavy atom. The van der Waals surface area contributed by atoms with Crippen LogP contribution in [0, 0.1) is 0 Å². The van der Waals surface area contributed by atoms with E-state index < -0.39 is 0 Å². The smallest absolute Gasteiger partial charge is 0.269 e. The Morgan fingerprint density at radius 1 is 1.10 bits per heavy atom. The van der Waals surface area contributed by atoms with E-state index >= 15 is 0 Å². The molecule has 4 nitrogen and oxygen atoms in total. The Labute approximate surface area is 204 Å². The first kappa shape index (κ1) is 21.4. The molecule has 3 aliphatic rings. The molecule has 0 aromatic heterocycles. The summed E-state index contributed by atoms with van der Waals surface area (Å²) < 4.78 is 0.977. The largest absolute Gasteiger partial charge is 0.337 e. The standard InChI is InChI=1S/C23H21BrClN3OS2/c1-27-18-13-15(25)10-11-19(18)30-22(27)20-21(29)28(17-8-3-2-4-9-17)23(31-20)26-16-7-5-6-14(24)12-16/h5-7,10-13,17H,2-4,8-9H2,1H3. The number of aliphatic imine (C=N–C) groups is 1. The summed E-state index contributed by atoms with van der Waals surface area (Å²) in [7, 11) is 2.00. The van der Waals surface area contributed by atoms with Crippen LogP contribution in [0.25, 0.3) is 0 Å². The summed E-state index contributed by atoms with van der Waals surface area (Å²) in [5.74, 6) is 0.0684. The van der Waals surface area contributed by atoms with Gasteiger partial charge in [-0.15, -0.1) is 0 Å². The summed E-state index contributed by atoms with van der Waals surface area (Å²) in [5.41, 5.74) is 1.88. The number of hydrogen-bond acceptors (Lipinski definition) is 5. The van der Waals surface area contributed by atoms with Crippen molar-refractivity contribution in [1.29, 1.82) is 0 Å². The monoisotopic (exact) mass is 533 g/mol. The molecule has 1 saturated heterocycles. The normalized spacial score (nSPS) is 23.2. The quantitative estimate of drug-likeness (QED) is 0.376. The van der Waals surface area contributed by atoms with Gasteiger partial charge in [0.15, 0.2) is 5.17 Å². The van der Waals surface area contributed by atoms with E-state index in [9.17, 15) is 4.79 Å². The van der Waals surface area contributed by atoms with Gasteiger partial charge in [-0.25, -0.2) is 4.99 Å². The Hall–Kier alpha value is -1.41. The molecule has 0 unspecified atom stereocenters. The van der Waals surface area contributed by atoms with Gasteiger partial charge in [0.2, 0.25) is 0 Å². The number of benzene rings is 2. The van der Waals surface area contributed by atoms with Gasteiger partial charge in [0, 0.05) is 27.5 Å². The first-order valence-corrected chi connectivity index (χ1v) is 13.1. The van der Waals surface area contributed by atoms with E-state index in [0.29, 0.717) is 5.02 Å². The lowest BCUT2D eigenvalue weighted by atomic mass is 9.94. The van der Waals surface area contributed by atoms with Gasteiger partial charge in [0.25, 0.3) is 5.91 Å². The number of amidine groups is 1. The van der Waals surface area contributed by atoms with Crippen LogP contribution in [0.2, 0.25) is 5.02 Å². The first-order chi connectivity index (χ1) is 15.0. The van der Waals surface area contributed by atoms with E-state index in [2.05, 4.69) is 20.8 Å². The highest BCUT2D eigenvalue weighted by atomic mass is 79.9. The number of thioether (sulfide) groups is 2. The van der Waals surface area contributed by atoms with Crippen molar-refractivity contribution in [2.24, 2.45) is 4.99 Å². The SMILES string of the molecule is CN1C(=C2SC(=Nc3cccc(Br)c3)N(C3CCCCC3)C2=O)Sc2ccc(Cl)cc21. The van der Waals surface area contributed by atoms with Gasteiger partial charge in [-0.05, 0) is 61.0 Å². The topological polar surface area (TPSA) is 35.9 Å². The van der Waals surface area contributed by atoms with Crippen LogP contribution in [-0.4, -0.2) is 29.1 Å². The molecule has 1 amide bonds. The maximum Gasteiger partial charge on any atom is 0.269 e. The summed E-state index contributed by atoms with van der Waals surface area (Å²) in [6, 6.07) is 14.0. The summed E-state index contributed by atoms with van der Waals surface area (Å²) in [6.45, 7) is 0. The van der Waals surface area contributed by atoms with Gasteiger partial charge in [0.05, 0.1) is 16.4 Å². The second-order valence-corrected chi connectivity index (χ2v) is 11.2. The van der Waals surface area contributed by atoms with Crippen LogP contribution in [0.5, 0.6) is 0 Å². The molecule has 0 atom stereocenters. The van der Waals surface area contributed by atoms with Crippen molar-refractivity contribution in [2.45, 2.75) is 43.0 Å². The second-order valence-electron chi connectivity index (χ2n) is 7.85. The van der Waals surface area contributed by atoms with Crippen LogP contribution in [0.4, 0.5) is 11.4 Å². The molecule has 0 N–H and O–H groups in total. The molecule has 31 heavy (non-hydrogen) atoms. The van der Waals surface area contributed by atoms with Gasteiger partial charge in [-0.2, -0.15) is 0 Å². The van der Waals surface area contributed by atoms with E-state index in [1.807, 2.05) is 54.4 Å². The molecular formula is C23H21BrClN3OS2. The zero-order chi connectivity index (χ0) is 21.5. The molecule has 2 fully saturated rings. The average molecular weight is 535 g/mol. The van der Waals surface area contributed by atoms with Crippen LogP contribution >= 0.6 is 51.1 Å². The van der Waals surface area contributed by atoms with Crippen molar-refractivity contribution in [3.8, 4) is 0 Å². The number of rotatable bonds is 2. The van der Waals surface area contributed by atoms with Gasteiger partial charge in [0.1, 0.15) is 4.91 Å². The fourth-order valence-electron chi connectivity index (χ4n) is 4.23. The number of halogens is 2. The molecule has 2 aromatic rings. The summed E-state index contributed by atoms with van der Waals surface area (Å²) in [5, 5.41) is 2.43. The number of nitrogens with zero attached hydrogens (tertiary/aromatic N) is 3. The third-order valence-corrected chi connectivity index (χ3v) is 8.91. The molecule has 5 rings (SSSR count). The van der Waals surface area contributed by atoms with E-state index in [-0.39, 0.29) is 11.9 Å². The fourth-order valence-corrected chi connectivity index (χ4v) is 7.17. The molecule has 2 aliphatic heterocycles. The van der Waals surface area contributed by atoms with Gasteiger partial charge in [-0.1, -0.05) is 64.6 Å². The summed E-state index contributed by atoms with van der Waals surface area (Å²) in [4.78, 5) is 24.5. The van der Waals surface area contributed by atoms with Crippen LogP contribution in [0.3, 0.4) is 0 Å². The Bertz CT molecular complexity index is 1110. The number of carbonyl (C=O) groups is 1. The highest BCUT2D eigenvalue weighted by Gasteiger charge is 2.42. The minimum atomic E-state index is 0.0684. The van der Waals surface area contributed by atoms with E-state index in [4.69, 9.17) is 16.6 Å². The lowest BCUT2D eigenvalue weighted by Gasteiger charge is -2.30. The predicted molar refractivity (Wildman–Crippen MR) is 135 cm³/mol. The molecule has 2 heterocycles. The molecule has 0 spiro atoms. The number of hydrogen-bond donors (Lipinski definition) is 0. The zero-order valence-electron chi connectivity index (χ0n) is 17.0. The van der Waals surface area contributed by atoms with E-state index in [1.54, 1.807) is 11.8 Å². The van der Waals surface area contributed by atoms with Crippen LogP contribution in [0.15, 0.2) is 66.8 Å². The lowest BCUT2D eigenvalue weighted by molar-refractivity contribution is -0.124. The number of amides is 1. The van der Waals surface area contributed by atoms with Crippen molar-refractivity contribution in [2.75, 3.05) is 11.9 Å². The highest BCUT2D eigenvalue weighted by Crippen LogP contribution is 2.51. The minimum absolute atomic E-state index is 0.0684. The Kier molecular flexibility index (Phi) is 6.12. The van der Waals surface area contributed by atoms with E-state index in [0.717, 1.165) is 61.5 Å². The molecule has 160 valence electrons. The van der Waals surface area contributed by atoms with Crippen LogP contribution in [-0.2, 0) is 4.79 Å². The van der Waals surface area contributed by atoms with Gasteiger partial charge < -0.3 is 4.90 Å². The summed E-state index contributed by atoms with van der Waals surface area (Å²) in [6.07, 6.45) is 5.63. The van der Waals surface area contributed by atoms with Crippen LogP contribution < -0.4 is 4.90 Å². The molecule has 2 aromatic carbocycles. The van der Waals surface area contributed by atoms with Crippen molar-refractivity contribution >= 4 is 73.5 Å². The lowest BCUT2D eigenvalue weighted by Crippen LogP contribution is -2.40. The maximum absolute atomic E-state index is 13.7. The number of carbonyl (C=O) groups excluding carboxylic acids is 1. The van der Waals surface area contributed by atoms with Gasteiger partial charge in [-0.3, -0.25) is 9.69 Å². The molecule has 0 bridgehead atoms. The molecule has 1 aliphatic carbocycles. The maximum atomic E-state index is 13.7. The van der Waals surface area contributed by atoms with E-state index in [1.165, 1.54) is 18.2 Å². The predicted octanol–water partition coefficient (Wildman–Crippen LogP) is 7.41. The van der Waals surface area contributed by atoms with Gasteiger partial charge >= 0.3 is 0 Å². The number of anilines is 1. The average Bonchev–Trinajstić information content (AvgIpc) is 3.25. The fraction of sp³-hybridized carbons (Fsp3) is 0.304. The van der Waals surface area contributed by atoms with Crippen molar-refractivity contribution in [3.63, 3.8) is 0 Å². The first-order valence-electron chi connectivity index (χ1n) is 10.3. The highest BCUT2D eigenvalue weighted by molar-refractivity contribution is 9.10. The molecule has 8 heteroatoms. The van der Waals surface area contributed by atoms with Crippen molar-refractivity contribution in [3.05, 3.63) is 61.9 Å². The third-order valence-electron chi connectivity index (χ3n) is 5.77. The van der Waals surface area contributed by atoms with Crippen molar-refractivity contribution in [1.82, 2.24) is 4.90 Å².